The number of aromatic nitrogens is 1. The van der Waals surface area contributed by atoms with Crippen molar-refractivity contribution in [2.45, 2.75) is 40.0 Å². The van der Waals surface area contributed by atoms with Gasteiger partial charge in [0.05, 0.1) is 5.52 Å². The van der Waals surface area contributed by atoms with E-state index >= 15 is 0 Å². The fourth-order valence-electron chi connectivity index (χ4n) is 2.51. The smallest absolute Gasteiger partial charge is 0.251 e. The van der Waals surface area contributed by atoms with E-state index < -0.39 is 0 Å². The number of aromatic amines is 1. The highest BCUT2D eigenvalue weighted by atomic mass is 16.3. The van der Waals surface area contributed by atoms with Crippen molar-refractivity contribution in [2.75, 3.05) is 0 Å². The molecule has 0 bridgehead atoms. The van der Waals surface area contributed by atoms with Crippen LogP contribution in [0.25, 0.3) is 10.9 Å². The summed E-state index contributed by atoms with van der Waals surface area (Å²) < 4.78 is 0. The van der Waals surface area contributed by atoms with E-state index in [2.05, 4.69) is 11.6 Å². The van der Waals surface area contributed by atoms with Crippen LogP contribution in [0.1, 0.15) is 43.4 Å². The highest BCUT2D eigenvalue weighted by Crippen LogP contribution is 2.32. The molecule has 3 nitrogen and oxygen atoms in total. The highest BCUT2D eigenvalue weighted by Gasteiger charge is 2.14. The maximum Gasteiger partial charge on any atom is 0.251 e. The summed E-state index contributed by atoms with van der Waals surface area (Å²) in [4.78, 5) is 14.9. The van der Waals surface area contributed by atoms with Crippen molar-refractivity contribution in [3.05, 3.63) is 51.3 Å². The molecule has 1 aromatic carbocycles. The summed E-state index contributed by atoms with van der Waals surface area (Å²) in [6, 6.07) is 3.72. The number of rotatable bonds is 3. The van der Waals surface area contributed by atoms with Crippen LogP contribution in [-0.4, -0.2) is 10.1 Å². The molecular formula is C17H21NO2. The Morgan fingerprint density at radius 2 is 2.05 bits per heavy atom. The first-order valence-electron chi connectivity index (χ1n) is 6.84. The molecule has 0 atom stereocenters. The van der Waals surface area contributed by atoms with Crippen molar-refractivity contribution in [3.63, 3.8) is 0 Å². The van der Waals surface area contributed by atoms with Crippen LogP contribution in [0.2, 0.25) is 0 Å². The Balaban J connectivity index is 2.80. The lowest BCUT2D eigenvalue weighted by Gasteiger charge is -2.13. The standard InChI is InChI=1S/C17H21NO2/c1-9(2)6-12-7-11(5)15-14(16(12)19)8-13(10(3)4)17(20)18-15/h7-8,10,19H,1,6H2,2-5H3,(H,18,20). The third kappa shape index (κ3) is 2.48. The van der Waals surface area contributed by atoms with Gasteiger partial charge in [0.25, 0.3) is 5.56 Å². The van der Waals surface area contributed by atoms with Crippen molar-refractivity contribution in [1.29, 1.82) is 0 Å². The quantitative estimate of drug-likeness (QED) is 0.835. The number of pyridine rings is 1. The second-order valence-electron chi connectivity index (χ2n) is 5.83. The van der Waals surface area contributed by atoms with Crippen molar-refractivity contribution < 1.29 is 5.11 Å². The Morgan fingerprint density at radius 1 is 1.40 bits per heavy atom. The molecule has 3 heteroatoms. The van der Waals surface area contributed by atoms with Gasteiger partial charge in [-0.3, -0.25) is 4.79 Å². The molecule has 1 heterocycles. The zero-order chi connectivity index (χ0) is 15.0. The van der Waals surface area contributed by atoms with Gasteiger partial charge in [0.2, 0.25) is 0 Å². The number of phenols is 1. The van der Waals surface area contributed by atoms with Gasteiger partial charge in [0.15, 0.2) is 0 Å². The SMILES string of the molecule is C=C(C)Cc1cc(C)c2[nH]c(=O)c(C(C)C)cc2c1O. The largest absolute Gasteiger partial charge is 0.507 e. The van der Waals surface area contributed by atoms with Gasteiger partial charge in [-0.1, -0.05) is 26.0 Å². The molecule has 0 spiro atoms. The number of allylic oxidation sites excluding steroid dienone is 1. The van der Waals surface area contributed by atoms with Gasteiger partial charge in [-0.2, -0.15) is 0 Å². The van der Waals surface area contributed by atoms with E-state index in [-0.39, 0.29) is 17.2 Å². The first-order valence-corrected chi connectivity index (χ1v) is 6.84. The number of hydrogen-bond acceptors (Lipinski definition) is 2. The Bertz CT molecular complexity index is 739. The van der Waals surface area contributed by atoms with Crippen LogP contribution in [0.5, 0.6) is 5.75 Å². The summed E-state index contributed by atoms with van der Waals surface area (Å²) in [5.74, 6) is 0.361. The lowest BCUT2D eigenvalue weighted by atomic mass is 9.97. The van der Waals surface area contributed by atoms with Crippen LogP contribution in [0.3, 0.4) is 0 Å². The van der Waals surface area contributed by atoms with E-state index in [4.69, 9.17) is 0 Å². The van der Waals surface area contributed by atoms with Gasteiger partial charge in [-0.05, 0) is 49.4 Å². The number of fused-ring (bicyclic) bond motifs is 1. The van der Waals surface area contributed by atoms with Gasteiger partial charge >= 0.3 is 0 Å². The number of phenolic OH excluding ortho intramolecular Hbond substituents is 1. The average molecular weight is 271 g/mol. The highest BCUT2D eigenvalue weighted by molar-refractivity contribution is 5.89. The molecule has 0 aliphatic carbocycles. The fraction of sp³-hybridized carbons (Fsp3) is 0.353. The van der Waals surface area contributed by atoms with Crippen LogP contribution in [0.15, 0.2) is 29.1 Å². The van der Waals surface area contributed by atoms with E-state index in [1.165, 1.54) is 0 Å². The lowest BCUT2D eigenvalue weighted by Crippen LogP contribution is -2.14. The minimum atomic E-state index is -0.0809. The summed E-state index contributed by atoms with van der Waals surface area (Å²) in [7, 11) is 0. The van der Waals surface area contributed by atoms with Crippen LogP contribution in [-0.2, 0) is 6.42 Å². The second kappa shape index (κ2) is 5.16. The first-order chi connectivity index (χ1) is 9.31. The summed E-state index contributed by atoms with van der Waals surface area (Å²) >= 11 is 0. The van der Waals surface area contributed by atoms with Crippen molar-refractivity contribution >= 4 is 10.9 Å². The molecule has 0 fully saturated rings. The zero-order valence-corrected chi connectivity index (χ0v) is 12.5. The van der Waals surface area contributed by atoms with Gasteiger partial charge in [-0.15, -0.1) is 0 Å². The van der Waals surface area contributed by atoms with E-state index in [0.717, 1.165) is 16.7 Å². The Morgan fingerprint density at radius 3 is 2.60 bits per heavy atom. The Labute approximate surface area is 119 Å². The zero-order valence-electron chi connectivity index (χ0n) is 12.5. The van der Waals surface area contributed by atoms with Gasteiger partial charge in [-0.25, -0.2) is 0 Å². The molecule has 20 heavy (non-hydrogen) atoms. The van der Waals surface area contributed by atoms with E-state index in [9.17, 15) is 9.90 Å². The fourth-order valence-corrected chi connectivity index (χ4v) is 2.51. The summed E-state index contributed by atoms with van der Waals surface area (Å²) in [5.41, 5.74) is 4.13. The molecule has 2 aromatic rings. The molecule has 0 unspecified atom stereocenters. The maximum atomic E-state index is 12.0. The van der Waals surface area contributed by atoms with Crippen LogP contribution in [0, 0.1) is 6.92 Å². The molecule has 0 aliphatic rings. The van der Waals surface area contributed by atoms with Crippen LogP contribution >= 0.6 is 0 Å². The predicted molar refractivity (Wildman–Crippen MR) is 83.6 cm³/mol. The third-order valence-electron chi connectivity index (χ3n) is 3.53. The van der Waals surface area contributed by atoms with E-state index in [0.29, 0.717) is 22.9 Å². The monoisotopic (exact) mass is 271 g/mol. The molecule has 0 saturated heterocycles. The average Bonchev–Trinajstić information content (AvgIpc) is 2.34. The number of aromatic hydroxyl groups is 1. The molecule has 1 aromatic heterocycles. The van der Waals surface area contributed by atoms with Crippen molar-refractivity contribution in [3.8, 4) is 5.75 Å². The second-order valence-corrected chi connectivity index (χ2v) is 5.83. The van der Waals surface area contributed by atoms with Gasteiger partial charge < -0.3 is 10.1 Å². The van der Waals surface area contributed by atoms with Crippen LogP contribution in [0.4, 0.5) is 0 Å². The summed E-state index contributed by atoms with van der Waals surface area (Å²) in [6.07, 6.45) is 0.638. The van der Waals surface area contributed by atoms with Gasteiger partial charge in [0, 0.05) is 10.9 Å². The lowest BCUT2D eigenvalue weighted by molar-refractivity contribution is 0.475. The number of aryl methyl sites for hydroxylation is 1. The molecule has 0 radical (unpaired) electrons. The number of hydrogen-bond donors (Lipinski definition) is 2. The summed E-state index contributed by atoms with van der Waals surface area (Å²) in [6.45, 7) is 11.7. The van der Waals surface area contributed by atoms with Gasteiger partial charge in [0.1, 0.15) is 5.75 Å². The minimum absolute atomic E-state index is 0.0809. The normalized spacial score (nSPS) is 11.2. The molecular weight excluding hydrogens is 250 g/mol. The number of nitrogens with one attached hydrogen (secondary N) is 1. The molecule has 0 aliphatic heterocycles. The summed E-state index contributed by atoms with van der Waals surface area (Å²) in [5, 5.41) is 11.2. The topological polar surface area (TPSA) is 53.1 Å². The molecule has 0 amide bonds. The number of benzene rings is 1. The Kier molecular flexibility index (Phi) is 3.71. The van der Waals surface area contributed by atoms with Crippen molar-refractivity contribution in [2.24, 2.45) is 0 Å². The molecule has 2 rings (SSSR count). The first kappa shape index (κ1) is 14.4. The Hall–Kier alpha value is -2.03. The predicted octanol–water partition coefficient (Wildman–Crippen LogP) is 3.78. The minimum Gasteiger partial charge on any atom is -0.507 e. The van der Waals surface area contributed by atoms with Crippen molar-refractivity contribution in [1.82, 2.24) is 4.98 Å². The maximum absolute atomic E-state index is 12.0. The molecule has 2 N–H and O–H groups in total. The van der Waals surface area contributed by atoms with E-state index in [1.54, 1.807) is 0 Å². The molecule has 106 valence electrons. The number of H-pyrrole nitrogens is 1. The third-order valence-corrected chi connectivity index (χ3v) is 3.53. The van der Waals surface area contributed by atoms with Crippen LogP contribution < -0.4 is 5.56 Å². The van der Waals surface area contributed by atoms with E-state index in [1.807, 2.05) is 39.8 Å². The molecule has 0 saturated carbocycles.